The Balaban J connectivity index is 1.47. The fraction of sp³-hybridized carbons (Fsp3) is 0.125. The minimum Gasteiger partial charge on any atom is -0.480 e. The van der Waals surface area contributed by atoms with Crippen molar-refractivity contribution in [1.29, 1.82) is 0 Å². The van der Waals surface area contributed by atoms with E-state index in [9.17, 15) is 9.90 Å². The molecule has 0 amide bonds. The lowest BCUT2D eigenvalue weighted by atomic mass is 10.0. The van der Waals surface area contributed by atoms with Crippen LogP contribution in [0.2, 0.25) is 0 Å². The van der Waals surface area contributed by atoms with E-state index < -0.39 is 12.0 Å². The van der Waals surface area contributed by atoms with E-state index in [0.717, 1.165) is 37.1 Å². The minimum absolute atomic E-state index is 0.333. The number of H-pyrrole nitrogens is 1. The first-order valence-corrected chi connectivity index (χ1v) is 10.8. The summed E-state index contributed by atoms with van der Waals surface area (Å²) in [4.78, 5) is 25.9. The second-order valence-electron chi connectivity index (χ2n) is 7.52. The van der Waals surface area contributed by atoms with E-state index in [2.05, 4.69) is 51.5 Å². The van der Waals surface area contributed by atoms with Crippen LogP contribution in [-0.4, -0.2) is 32.1 Å². The van der Waals surface area contributed by atoms with Crippen molar-refractivity contribution in [3.05, 3.63) is 78.2 Å². The number of carboxylic acid groups (broad SMARTS) is 1. The summed E-state index contributed by atoms with van der Waals surface area (Å²) in [5.41, 5.74) is 4.25. The molecular weight excluding hydrogens is 408 g/mol. The van der Waals surface area contributed by atoms with Gasteiger partial charge in [-0.25, -0.2) is 14.8 Å². The van der Waals surface area contributed by atoms with Gasteiger partial charge < -0.3 is 15.4 Å². The molecule has 0 aliphatic heterocycles. The molecule has 5 rings (SSSR count). The predicted octanol–water partition coefficient (Wildman–Crippen LogP) is 5.26. The summed E-state index contributed by atoms with van der Waals surface area (Å²) >= 11 is 1.57. The lowest BCUT2D eigenvalue weighted by Crippen LogP contribution is -2.31. The summed E-state index contributed by atoms with van der Waals surface area (Å²) in [5, 5.41) is 14.9. The van der Waals surface area contributed by atoms with Gasteiger partial charge in [-0.3, -0.25) is 0 Å². The van der Waals surface area contributed by atoms with Crippen molar-refractivity contribution < 1.29 is 9.90 Å². The van der Waals surface area contributed by atoms with Gasteiger partial charge in [0.15, 0.2) is 0 Å². The van der Waals surface area contributed by atoms with Crippen LogP contribution in [0.25, 0.3) is 31.6 Å². The fourth-order valence-corrected chi connectivity index (χ4v) is 4.72. The number of aromatic amines is 1. The maximum atomic E-state index is 12.0. The first-order chi connectivity index (χ1) is 15.1. The van der Waals surface area contributed by atoms with Gasteiger partial charge in [0.1, 0.15) is 23.0 Å². The van der Waals surface area contributed by atoms with Crippen LogP contribution in [0.3, 0.4) is 0 Å². The Morgan fingerprint density at radius 2 is 1.94 bits per heavy atom. The first kappa shape index (κ1) is 19.3. The Bertz CT molecular complexity index is 1390. The minimum atomic E-state index is -0.925. The molecular formula is C24H20N4O2S. The standard InChI is InChI=1S/C24H20N4O2S/c1-14-6-8-15(9-7-14)21-11-18-22(26-13-27-23(18)31-21)28-20(24(29)30)10-16-12-25-19-5-3-2-4-17(16)19/h2-9,11-13,20,25H,10H2,1H3,(H,29,30)(H,26,27,28). The zero-order valence-corrected chi connectivity index (χ0v) is 17.6. The Morgan fingerprint density at radius 3 is 2.74 bits per heavy atom. The molecule has 1 atom stereocenters. The molecule has 3 aromatic heterocycles. The number of nitrogens with one attached hydrogen (secondary N) is 2. The summed E-state index contributed by atoms with van der Waals surface area (Å²) < 4.78 is 0. The molecule has 5 aromatic rings. The molecule has 3 N–H and O–H groups in total. The fourth-order valence-electron chi connectivity index (χ4n) is 3.72. The number of nitrogens with zero attached hydrogens (tertiary/aromatic N) is 2. The number of fused-ring (bicyclic) bond motifs is 2. The molecule has 3 heterocycles. The second kappa shape index (κ2) is 7.85. The highest BCUT2D eigenvalue weighted by molar-refractivity contribution is 7.21. The quantitative estimate of drug-likeness (QED) is 0.343. The molecule has 0 spiro atoms. The molecule has 6 nitrogen and oxygen atoms in total. The van der Waals surface area contributed by atoms with Crippen molar-refractivity contribution in [1.82, 2.24) is 15.0 Å². The summed E-state index contributed by atoms with van der Waals surface area (Å²) in [7, 11) is 0. The number of carbonyl (C=O) groups is 1. The van der Waals surface area contributed by atoms with Crippen LogP contribution in [0.4, 0.5) is 5.82 Å². The maximum Gasteiger partial charge on any atom is 0.326 e. The van der Waals surface area contributed by atoms with Gasteiger partial charge >= 0.3 is 5.97 Å². The molecule has 31 heavy (non-hydrogen) atoms. The van der Waals surface area contributed by atoms with E-state index in [1.54, 1.807) is 11.3 Å². The van der Waals surface area contributed by atoms with Gasteiger partial charge in [0, 0.05) is 28.4 Å². The molecule has 0 fully saturated rings. The second-order valence-corrected chi connectivity index (χ2v) is 8.55. The number of aromatic nitrogens is 3. The average molecular weight is 429 g/mol. The Hall–Kier alpha value is -3.71. The van der Waals surface area contributed by atoms with Crippen molar-refractivity contribution in [2.45, 2.75) is 19.4 Å². The molecule has 0 saturated heterocycles. The zero-order valence-electron chi connectivity index (χ0n) is 16.8. The van der Waals surface area contributed by atoms with E-state index in [4.69, 9.17) is 0 Å². The van der Waals surface area contributed by atoms with Gasteiger partial charge in [-0.15, -0.1) is 11.3 Å². The first-order valence-electron chi connectivity index (χ1n) is 9.94. The number of hydrogen-bond donors (Lipinski definition) is 3. The predicted molar refractivity (Wildman–Crippen MR) is 125 cm³/mol. The molecule has 1 unspecified atom stereocenters. The van der Waals surface area contributed by atoms with Crippen LogP contribution in [0, 0.1) is 6.92 Å². The third-order valence-electron chi connectivity index (χ3n) is 5.37. The number of rotatable bonds is 6. The van der Waals surface area contributed by atoms with Gasteiger partial charge in [0.2, 0.25) is 0 Å². The third kappa shape index (κ3) is 3.75. The van der Waals surface area contributed by atoms with E-state index in [-0.39, 0.29) is 0 Å². The SMILES string of the molecule is Cc1ccc(-c2cc3c(NC(Cc4c[nH]c5ccccc45)C(=O)O)ncnc3s2)cc1. The van der Waals surface area contributed by atoms with Crippen molar-refractivity contribution in [2.24, 2.45) is 0 Å². The molecule has 2 aromatic carbocycles. The van der Waals surface area contributed by atoms with Crippen LogP contribution in [0.1, 0.15) is 11.1 Å². The Morgan fingerprint density at radius 1 is 1.13 bits per heavy atom. The monoisotopic (exact) mass is 428 g/mol. The summed E-state index contributed by atoms with van der Waals surface area (Å²) in [6, 6.07) is 17.4. The number of anilines is 1. The third-order valence-corrected chi connectivity index (χ3v) is 6.47. The van der Waals surface area contributed by atoms with Gasteiger partial charge in [0.05, 0.1) is 5.39 Å². The maximum absolute atomic E-state index is 12.0. The number of hydrogen-bond acceptors (Lipinski definition) is 5. The van der Waals surface area contributed by atoms with E-state index >= 15 is 0 Å². The van der Waals surface area contributed by atoms with Gasteiger partial charge in [-0.2, -0.15) is 0 Å². The van der Waals surface area contributed by atoms with Crippen LogP contribution in [0.15, 0.2) is 67.1 Å². The topological polar surface area (TPSA) is 90.9 Å². The number of aryl methyl sites for hydroxylation is 1. The highest BCUT2D eigenvalue weighted by atomic mass is 32.1. The Kier molecular flexibility index (Phi) is 4.88. The van der Waals surface area contributed by atoms with Gasteiger partial charge in [-0.1, -0.05) is 48.0 Å². The van der Waals surface area contributed by atoms with Crippen molar-refractivity contribution in [3.8, 4) is 10.4 Å². The highest BCUT2D eigenvalue weighted by Gasteiger charge is 2.22. The highest BCUT2D eigenvalue weighted by Crippen LogP contribution is 2.35. The van der Waals surface area contributed by atoms with E-state index in [1.165, 1.54) is 11.9 Å². The van der Waals surface area contributed by atoms with Crippen molar-refractivity contribution in [3.63, 3.8) is 0 Å². The summed E-state index contributed by atoms with van der Waals surface area (Å²) in [6.45, 7) is 2.06. The summed E-state index contributed by atoms with van der Waals surface area (Å²) in [6.07, 6.45) is 3.68. The normalized spacial score (nSPS) is 12.3. The number of para-hydroxylation sites is 1. The Labute approximate surface area is 182 Å². The number of carboxylic acids is 1. The molecule has 0 aliphatic rings. The lowest BCUT2D eigenvalue weighted by Gasteiger charge is -2.15. The van der Waals surface area contributed by atoms with Crippen LogP contribution < -0.4 is 5.32 Å². The van der Waals surface area contributed by atoms with Crippen LogP contribution in [-0.2, 0) is 11.2 Å². The molecule has 154 valence electrons. The van der Waals surface area contributed by atoms with Gasteiger partial charge in [-0.05, 0) is 30.2 Å². The largest absolute Gasteiger partial charge is 0.480 e. The van der Waals surface area contributed by atoms with E-state index in [1.807, 2.05) is 36.5 Å². The number of benzene rings is 2. The zero-order chi connectivity index (χ0) is 21.4. The number of thiophene rings is 1. The smallest absolute Gasteiger partial charge is 0.326 e. The molecule has 0 radical (unpaired) electrons. The van der Waals surface area contributed by atoms with Crippen LogP contribution in [0.5, 0.6) is 0 Å². The average Bonchev–Trinajstić information content (AvgIpc) is 3.39. The van der Waals surface area contributed by atoms with Gasteiger partial charge in [0.25, 0.3) is 0 Å². The van der Waals surface area contributed by atoms with E-state index in [0.29, 0.717) is 12.2 Å². The van der Waals surface area contributed by atoms with Crippen molar-refractivity contribution in [2.75, 3.05) is 5.32 Å². The molecule has 0 aliphatic carbocycles. The molecule has 0 bridgehead atoms. The van der Waals surface area contributed by atoms with Crippen LogP contribution >= 0.6 is 11.3 Å². The van der Waals surface area contributed by atoms with Crippen molar-refractivity contribution >= 4 is 44.2 Å². The molecule has 7 heteroatoms. The lowest BCUT2D eigenvalue weighted by molar-refractivity contribution is -0.137. The summed E-state index contributed by atoms with van der Waals surface area (Å²) in [5.74, 6) is -0.391. The molecule has 0 saturated carbocycles. The number of aliphatic carboxylic acids is 1.